The van der Waals surface area contributed by atoms with E-state index in [1.54, 1.807) is 23.2 Å². The van der Waals surface area contributed by atoms with Gasteiger partial charge in [0.1, 0.15) is 6.54 Å². The number of aromatic amines is 1. The molecule has 0 radical (unpaired) electrons. The van der Waals surface area contributed by atoms with Crippen LogP contribution in [0.2, 0.25) is 0 Å². The fraction of sp³-hybridized carbons (Fsp3) is 0.391. The van der Waals surface area contributed by atoms with Crippen LogP contribution in [-0.2, 0) is 11.8 Å². The van der Waals surface area contributed by atoms with Crippen molar-refractivity contribution in [1.29, 1.82) is 0 Å². The topological polar surface area (TPSA) is 118 Å². The Balaban J connectivity index is 1.53. The SMILES string of the molecule is Cn1cc(-c2[nH]c3cc(NC(=O)[C@H](N)C4CCCCC4)cc4c3c2C=NCC4=O)cn1. The summed E-state index contributed by atoms with van der Waals surface area (Å²) in [6, 6.07) is 3.06. The van der Waals surface area contributed by atoms with Gasteiger partial charge in [-0.1, -0.05) is 19.3 Å². The summed E-state index contributed by atoms with van der Waals surface area (Å²) in [7, 11) is 1.86. The van der Waals surface area contributed by atoms with E-state index < -0.39 is 6.04 Å². The molecule has 1 aliphatic carbocycles. The van der Waals surface area contributed by atoms with Crippen LogP contribution < -0.4 is 11.1 Å². The van der Waals surface area contributed by atoms with Crippen LogP contribution in [0.3, 0.4) is 0 Å². The number of nitrogens with one attached hydrogen (secondary N) is 2. The highest BCUT2D eigenvalue weighted by molar-refractivity contribution is 6.19. The second kappa shape index (κ2) is 7.77. The van der Waals surface area contributed by atoms with Gasteiger partial charge in [-0.3, -0.25) is 19.3 Å². The van der Waals surface area contributed by atoms with E-state index in [9.17, 15) is 9.59 Å². The molecule has 2 aromatic heterocycles. The highest BCUT2D eigenvalue weighted by Gasteiger charge is 2.27. The highest BCUT2D eigenvalue weighted by atomic mass is 16.2. The molecule has 4 N–H and O–H groups in total. The Bertz CT molecular complexity index is 1200. The van der Waals surface area contributed by atoms with Crippen LogP contribution in [0.15, 0.2) is 29.5 Å². The third-order valence-corrected chi connectivity index (χ3v) is 6.41. The Hall–Kier alpha value is -3.26. The quantitative estimate of drug-likeness (QED) is 0.603. The number of amides is 1. The molecule has 8 nitrogen and oxygen atoms in total. The van der Waals surface area contributed by atoms with Gasteiger partial charge in [-0.25, -0.2) is 0 Å². The monoisotopic (exact) mass is 418 g/mol. The number of nitrogens with zero attached hydrogens (tertiary/aromatic N) is 3. The zero-order valence-electron chi connectivity index (χ0n) is 17.5. The number of hydrogen-bond acceptors (Lipinski definition) is 5. The van der Waals surface area contributed by atoms with Gasteiger partial charge in [-0.2, -0.15) is 5.10 Å². The number of rotatable bonds is 4. The zero-order valence-corrected chi connectivity index (χ0v) is 17.5. The Kier molecular flexibility index (Phi) is 4.94. The maximum absolute atomic E-state index is 12.8. The Morgan fingerprint density at radius 2 is 2.10 bits per heavy atom. The number of nitrogens with two attached hydrogens (primary N) is 1. The molecule has 3 aromatic rings. The minimum Gasteiger partial charge on any atom is -0.354 e. The molecule has 1 aromatic carbocycles. The smallest absolute Gasteiger partial charge is 0.241 e. The third-order valence-electron chi connectivity index (χ3n) is 6.41. The first-order valence-electron chi connectivity index (χ1n) is 10.8. The van der Waals surface area contributed by atoms with Gasteiger partial charge in [0, 0.05) is 52.7 Å². The van der Waals surface area contributed by atoms with Crippen molar-refractivity contribution in [1.82, 2.24) is 14.8 Å². The molecule has 8 heteroatoms. The maximum Gasteiger partial charge on any atom is 0.241 e. The molecule has 1 atom stereocenters. The van der Waals surface area contributed by atoms with Crippen molar-refractivity contribution < 1.29 is 9.59 Å². The summed E-state index contributed by atoms with van der Waals surface area (Å²) in [5.41, 5.74) is 10.8. The van der Waals surface area contributed by atoms with Gasteiger partial charge in [0.25, 0.3) is 0 Å². The minimum absolute atomic E-state index is 0.0786. The number of carbonyl (C=O) groups excluding carboxylic acids is 2. The lowest BCUT2D eigenvalue weighted by molar-refractivity contribution is -0.118. The largest absolute Gasteiger partial charge is 0.354 e. The number of aromatic nitrogens is 3. The van der Waals surface area contributed by atoms with Crippen molar-refractivity contribution in [2.24, 2.45) is 23.7 Å². The predicted molar refractivity (Wildman–Crippen MR) is 120 cm³/mol. The molecule has 5 rings (SSSR count). The molecule has 0 bridgehead atoms. The van der Waals surface area contributed by atoms with Crippen molar-refractivity contribution in [3.05, 3.63) is 35.7 Å². The van der Waals surface area contributed by atoms with E-state index in [0.717, 1.165) is 53.4 Å². The van der Waals surface area contributed by atoms with Crippen LogP contribution in [-0.4, -0.2) is 45.3 Å². The maximum atomic E-state index is 12.8. The molecule has 0 unspecified atom stereocenters. The molecule has 1 saturated carbocycles. The molecular formula is C23H26N6O2. The lowest BCUT2D eigenvalue weighted by Gasteiger charge is -2.26. The number of aryl methyl sites for hydroxylation is 1. The molecule has 1 amide bonds. The third kappa shape index (κ3) is 3.57. The summed E-state index contributed by atoms with van der Waals surface area (Å²) in [5, 5.41) is 8.02. The second-order valence-corrected chi connectivity index (χ2v) is 8.57. The van der Waals surface area contributed by atoms with Crippen molar-refractivity contribution in [2.75, 3.05) is 11.9 Å². The average molecular weight is 419 g/mol. The van der Waals surface area contributed by atoms with E-state index in [0.29, 0.717) is 11.3 Å². The van der Waals surface area contributed by atoms with Gasteiger partial charge in [-0.15, -0.1) is 0 Å². The lowest BCUT2D eigenvalue weighted by Crippen LogP contribution is -2.42. The van der Waals surface area contributed by atoms with Crippen molar-refractivity contribution in [3.8, 4) is 11.3 Å². The number of carbonyl (C=O) groups is 2. The fourth-order valence-electron chi connectivity index (χ4n) is 4.79. The Morgan fingerprint density at radius 1 is 1.29 bits per heavy atom. The van der Waals surface area contributed by atoms with Gasteiger partial charge in [0.05, 0.1) is 17.9 Å². The first kappa shape index (κ1) is 19.7. The molecule has 2 aliphatic rings. The van der Waals surface area contributed by atoms with Crippen LogP contribution in [0.5, 0.6) is 0 Å². The van der Waals surface area contributed by atoms with Crippen LogP contribution in [0, 0.1) is 5.92 Å². The predicted octanol–water partition coefficient (Wildman–Crippen LogP) is 3.03. The summed E-state index contributed by atoms with van der Waals surface area (Å²) >= 11 is 0. The van der Waals surface area contributed by atoms with Gasteiger partial charge in [-0.05, 0) is 30.9 Å². The van der Waals surface area contributed by atoms with Crippen molar-refractivity contribution in [2.45, 2.75) is 38.1 Å². The standard InChI is InChI=1S/C23H26N6O2/c1-29-12-14(9-26-29)22-17-10-25-11-19(30)16-7-15(8-18(28-22)20(16)17)27-23(31)21(24)13-5-3-2-4-6-13/h7-10,12-13,21,28H,2-6,11,24H2,1H3,(H,27,31)/t21-/m1/s1. The average Bonchev–Trinajstić information content (AvgIpc) is 3.31. The van der Waals surface area contributed by atoms with E-state index in [2.05, 4.69) is 20.4 Å². The molecule has 1 fully saturated rings. The summed E-state index contributed by atoms with van der Waals surface area (Å²) < 4.78 is 1.73. The van der Waals surface area contributed by atoms with Crippen molar-refractivity contribution in [3.63, 3.8) is 0 Å². The number of H-pyrrole nitrogens is 1. The van der Waals surface area contributed by atoms with Crippen LogP contribution in [0.25, 0.3) is 22.2 Å². The second-order valence-electron chi connectivity index (χ2n) is 8.57. The van der Waals surface area contributed by atoms with E-state index in [-0.39, 0.29) is 24.2 Å². The zero-order chi connectivity index (χ0) is 21.5. The summed E-state index contributed by atoms with van der Waals surface area (Å²) in [4.78, 5) is 33.3. The minimum atomic E-state index is -0.542. The van der Waals surface area contributed by atoms with E-state index >= 15 is 0 Å². The highest BCUT2D eigenvalue weighted by Crippen LogP contribution is 2.35. The van der Waals surface area contributed by atoms with Crippen LogP contribution in [0.4, 0.5) is 5.69 Å². The van der Waals surface area contributed by atoms with Gasteiger partial charge in [0.2, 0.25) is 5.91 Å². The first-order chi connectivity index (χ1) is 15.0. The molecule has 3 heterocycles. The fourth-order valence-corrected chi connectivity index (χ4v) is 4.79. The van der Waals surface area contributed by atoms with Crippen LogP contribution >= 0.6 is 0 Å². The molecular weight excluding hydrogens is 392 g/mol. The number of Topliss-reactive ketones (excluding diaryl/α,β-unsaturated/α-hetero) is 1. The molecule has 0 saturated heterocycles. The number of aliphatic imine (C=N–C) groups is 1. The Labute approximate surface area is 179 Å². The van der Waals surface area contributed by atoms with Gasteiger partial charge < -0.3 is 16.0 Å². The van der Waals surface area contributed by atoms with E-state index in [4.69, 9.17) is 5.73 Å². The molecule has 31 heavy (non-hydrogen) atoms. The van der Waals surface area contributed by atoms with Crippen molar-refractivity contribution >= 4 is 34.5 Å². The summed E-state index contributed by atoms with van der Waals surface area (Å²) in [5.74, 6) is -0.0669. The normalized spacial score (nSPS) is 17.7. The Morgan fingerprint density at radius 3 is 2.84 bits per heavy atom. The first-order valence-corrected chi connectivity index (χ1v) is 10.8. The van der Waals surface area contributed by atoms with Crippen LogP contribution in [0.1, 0.15) is 48.0 Å². The van der Waals surface area contributed by atoms with Gasteiger partial charge in [0.15, 0.2) is 5.78 Å². The number of hydrogen-bond donors (Lipinski definition) is 3. The number of ketones is 1. The number of benzene rings is 1. The molecule has 160 valence electrons. The lowest BCUT2D eigenvalue weighted by atomic mass is 9.84. The summed E-state index contributed by atoms with van der Waals surface area (Å²) in [6.45, 7) is 0.0786. The molecule has 0 spiro atoms. The number of anilines is 1. The van der Waals surface area contributed by atoms with E-state index in [1.165, 1.54) is 6.42 Å². The van der Waals surface area contributed by atoms with Gasteiger partial charge >= 0.3 is 0 Å². The summed E-state index contributed by atoms with van der Waals surface area (Å²) in [6.07, 6.45) is 10.9. The van der Waals surface area contributed by atoms with E-state index in [1.807, 2.05) is 19.3 Å². The molecule has 1 aliphatic heterocycles.